The monoisotopic (exact) mass is 193 g/mol. The molecular formula is C9H11N3O2. The highest BCUT2D eigenvalue weighted by molar-refractivity contribution is 5.93. The van der Waals surface area contributed by atoms with E-state index in [1.54, 1.807) is 0 Å². The summed E-state index contributed by atoms with van der Waals surface area (Å²) in [5.41, 5.74) is 3.53. The van der Waals surface area contributed by atoms with Crippen LogP contribution in [-0.2, 0) is 12.8 Å². The lowest BCUT2D eigenvalue weighted by Crippen LogP contribution is -2.34. The van der Waals surface area contributed by atoms with Gasteiger partial charge in [-0.15, -0.1) is 0 Å². The third-order valence-electron chi connectivity index (χ3n) is 2.50. The molecule has 1 aliphatic carbocycles. The van der Waals surface area contributed by atoms with Crippen LogP contribution in [0.1, 0.15) is 28.0 Å². The molecule has 0 aromatic carbocycles. The summed E-state index contributed by atoms with van der Waals surface area (Å²) in [5, 5.41) is 0. The average Bonchev–Trinajstić information content (AvgIpc) is 2.66. The molecule has 0 spiro atoms. The summed E-state index contributed by atoms with van der Waals surface area (Å²) < 4.78 is 0. The molecule has 0 saturated heterocycles. The van der Waals surface area contributed by atoms with Crippen LogP contribution in [0.15, 0.2) is 11.0 Å². The van der Waals surface area contributed by atoms with Crippen LogP contribution in [0.4, 0.5) is 0 Å². The van der Waals surface area contributed by atoms with Gasteiger partial charge < -0.3 is 4.98 Å². The molecule has 74 valence electrons. The van der Waals surface area contributed by atoms with Crippen molar-refractivity contribution in [2.75, 3.05) is 0 Å². The Kier molecular flexibility index (Phi) is 2.09. The van der Waals surface area contributed by atoms with Gasteiger partial charge >= 0.3 is 0 Å². The standard InChI is InChI=1S/C9H11N3O2/c10-12-9(14)6-4-11-7-3-1-2-5(7)8(6)13/h4H,1-3,10H2,(H,11,13)(H,12,14). The number of aryl methyl sites for hydroxylation is 1. The molecule has 14 heavy (non-hydrogen) atoms. The van der Waals surface area contributed by atoms with Gasteiger partial charge in [-0.05, 0) is 19.3 Å². The average molecular weight is 193 g/mol. The summed E-state index contributed by atoms with van der Waals surface area (Å²) in [5.74, 6) is 4.43. The number of hydrazine groups is 1. The smallest absolute Gasteiger partial charge is 0.270 e. The van der Waals surface area contributed by atoms with Gasteiger partial charge in [0.25, 0.3) is 5.91 Å². The number of nitrogens with one attached hydrogen (secondary N) is 2. The largest absolute Gasteiger partial charge is 0.364 e. The van der Waals surface area contributed by atoms with Gasteiger partial charge in [-0.3, -0.25) is 15.0 Å². The van der Waals surface area contributed by atoms with Crippen LogP contribution in [0.25, 0.3) is 0 Å². The maximum atomic E-state index is 11.7. The van der Waals surface area contributed by atoms with Gasteiger partial charge in [0.1, 0.15) is 5.56 Å². The van der Waals surface area contributed by atoms with Crippen molar-refractivity contribution in [1.82, 2.24) is 10.4 Å². The molecular weight excluding hydrogens is 182 g/mol. The molecule has 0 radical (unpaired) electrons. The Balaban J connectivity index is 2.56. The minimum absolute atomic E-state index is 0.0909. The van der Waals surface area contributed by atoms with Crippen LogP contribution in [-0.4, -0.2) is 10.9 Å². The molecule has 1 aromatic heterocycles. The molecule has 5 heteroatoms. The van der Waals surface area contributed by atoms with Crippen molar-refractivity contribution in [3.8, 4) is 0 Å². The number of carbonyl (C=O) groups excluding carboxylic acids is 1. The van der Waals surface area contributed by atoms with Crippen molar-refractivity contribution in [3.05, 3.63) is 33.2 Å². The number of carbonyl (C=O) groups is 1. The van der Waals surface area contributed by atoms with Crippen LogP contribution >= 0.6 is 0 Å². The van der Waals surface area contributed by atoms with E-state index in [0.29, 0.717) is 0 Å². The van der Waals surface area contributed by atoms with E-state index in [0.717, 1.165) is 30.5 Å². The molecule has 0 bridgehead atoms. The number of amides is 1. The summed E-state index contributed by atoms with van der Waals surface area (Å²) in [6, 6.07) is 0. The first-order valence-electron chi connectivity index (χ1n) is 4.48. The van der Waals surface area contributed by atoms with Crippen LogP contribution in [0, 0.1) is 0 Å². The minimum atomic E-state index is -0.541. The SMILES string of the molecule is NNC(=O)c1c[nH]c2c(c1=O)CCC2. The zero-order chi connectivity index (χ0) is 10.1. The molecule has 1 amide bonds. The molecule has 1 heterocycles. The molecule has 1 aliphatic rings. The molecule has 2 rings (SSSR count). The predicted molar refractivity (Wildman–Crippen MR) is 50.7 cm³/mol. The number of pyridine rings is 1. The number of aromatic nitrogens is 1. The first-order valence-corrected chi connectivity index (χ1v) is 4.48. The summed E-state index contributed by atoms with van der Waals surface area (Å²) in [7, 11) is 0. The quantitative estimate of drug-likeness (QED) is 0.318. The molecule has 5 nitrogen and oxygen atoms in total. The summed E-state index contributed by atoms with van der Waals surface area (Å²) in [6.45, 7) is 0. The fraction of sp³-hybridized carbons (Fsp3) is 0.333. The molecule has 0 saturated carbocycles. The van der Waals surface area contributed by atoms with Gasteiger partial charge in [0, 0.05) is 17.5 Å². The third kappa shape index (κ3) is 1.22. The lowest BCUT2D eigenvalue weighted by molar-refractivity contribution is 0.0952. The maximum Gasteiger partial charge on any atom is 0.270 e. The third-order valence-corrected chi connectivity index (χ3v) is 2.50. The Morgan fingerprint density at radius 3 is 3.00 bits per heavy atom. The van der Waals surface area contributed by atoms with E-state index in [9.17, 15) is 9.59 Å². The molecule has 0 unspecified atom stereocenters. The first kappa shape index (κ1) is 8.96. The number of fused-ring (bicyclic) bond motifs is 1. The highest BCUT2D eigenvalue weighted by Gasteiger charge is 2.19. The fourth-order valence-electron chi connectivity index (χ4n) is 1.79. The fourth-order valence-corrected chi connectivity index (χ4v) is 1.79. The van der Waals surface area contributed by atoms with Crippen LogP contribution in [0.2, 0.25) is 0 Å². The minimum Gasteiger partial charge on any atom is -0.364 e. The van der Waals surface area contributed by atoms with Crippen molar-refractivity contribution in [3.63, 3.8) is 0 Å². The number of hydrogen-bond acceptors (Lipinski definition) is 3. The Bertz CT molecular complexity index is 436. The van der Waals surface area contributed by atoms with E-state index in [-0.39, 0.29) is 11.0 Å². The van der Waals surface area contributed by atoms with Crippen LogP contribution < -0.4 is 16.7 Å². The van der Waals surface area contributed by atoms with Crippen molar-refractivity contribution in [1.29, 1.82) is 0 Å². The second-order valence-electron chi connectivity index (χ2n) is 3.32. The second-order valence-corrected chi connectivity index (χ2v) is 3.32. The maximum absolute atomic E-state index is 11.7. The highest BCUT2D eigenvalue weighted by atomic mass is 16.2. The van der Waals surface area contributed by atoms with Crippen molar-refractivity contribution >= 4 is 5.91 Å². The van der Waals surface area contributed by atoms with Crippen LogP contribution in [0.5, 0.6) is 0 Å². The molecule has 4 N–H and O–H groups in total. The molecule has 0 atom stereocenters. The van der Waals surface area contributed by atoms with Gasteiger partial charge in [0.2, 0.25) is 0 Å². The Morgan fingerprint density at radius 2 is 2.29 bits per heavy atom. The molecule has 0 aliphatic heterocycles. The van der Waals surface area contributed by atoms with Gasteiger partial charge in [-0.1, -0.05) is 0 Å². The molecule has 1 aromatic rings. The van der Waals surface area contributed by atoms with Crippen LogP contribution in [0.3, 0.4) is 0 Å². The zero-order valence-electron chi connectivity index (χ0n) is 7.59. The van der Waals surface area contributed by atoms with Crippen molar-refractivity contribution in [2.45, 2.75) is 19.3 Å². The molecule has 0 fully saturated rings. The number of rotatable bonds is 1. The Labute approximate surface area is 80.3 Å². The Hall–Kier alpha value is -1.62. The number of nitrogen functional groups attached to an aromatic ring is 1. The highest BCUT2D eigenvalue weighted by Crippen LogP contribution is 2.15. The zero-order valence-corrected chi connectivity index (χ0v) is 7.59. The van der Waals surface area contributed by atoms with E-state index in [1.807, 2.05) is 5.43 Å². The predicted octanol–water partition coefficient (Wildman–Crippen LogP) is -0.533. The second kappa shape index (κ2) is 3.26. The van der Waals surface area contributed by atoms with Crippen molar-refractivity contribution < 1.29 is 4.79 Å². The van der Waals surface area contributed by atoms with Gasteiger partial charge in [-0.25, -0.2) is 5.84 Å². The lowest BCUT2D eigenvalue weighted by Gasteiger charge is -2.02. The van der Waals surface area contributed by atoms with E-state index in [1.165, 1.54) is 6.20 Å². The Morgan fingerprint density at radius 1 is 1.50 bits per heavy atom. The normalized spacial score (nSPS) is 13.8. The topological polar surface area (TPSA) is 88.0 Å². The number of H-pyrrole nitrogens is 1. The van der Waals surface area contributed by atoms with E-state index < -0.39 is 5.91 Å². The number of aromatic amines is 1. The van der Waals surface area contributed by atoms with E-state index >= 15 is 0 Å². The number of hydrogen-bond donors (Lipinski definition) is 3. The lowest BCUT2D eigenvalue weighted by atomic mass is 10.1. The number of nitrogens with two attached hydrogens (primary N) is 1. The summed E-state index contributed by atoms with van der Waals surface area (Å²) >= 11 is 0. The van der Waals surface area contributed by atoms with E-state index in [2.05, 4.69) is 4.98 Å². The van der Waals surface area contributed by atoms with Gasteiger partial charge in [-0.2, -0.15) is 0 Å². The first-order chi connectivity index (χ1) is 6.74. The summed E-state index contributed by atoms with van der Waals surface area (Å²) in [6.07, 6.45) is 4.02. The van der Waals surface area contributed by atoms with Crippen molar-refractivity contribution in [2.24, 2.45) is 5.84 Å². The van der Waals surface area contributed by atoms with E-state index in [4.69, 9.17) is 5.84 Å². The van der Waals surface area contributed by atoms with Gasteiger partial charge in [0.05, 0.1) is 0 Å². The van der Waals surface area contributed by atoms with Gasteiger partial charge in [0.15, 0.2) is 5.43 Å². The summed E-state index contributed by atoms with van der Waals surface area (Å²) in [4.78, 5) is 25.9.